The number of halogens is 1. The van der Waals surface area contributed by atoms with Crippen LogP contribution in [0.3, 0.4) is 0 Å². The minimum atomic E-state index is -3.48. The molecule has 0 saturated carbocycles. The summed E-state index contributed by atoms with van der Waals surface area (Å²) in [6.45, 7) is 4.99. The number of carbonyl (C=O) groups is 1. The van der Waals surface area contributed by atoms with Crippen molar-refractivity contribution in [1.29, 1.82) is 0 Å². The maximum Gasteiger partial charge on any atom is 0.251 e. The number of hydrogen-bond donors (Lipinski definition) is 1. The van der Waals surface area contributed by atoms with Crippen LogP contribution in [0.2, 0.25) is 0 Å². The van der Waals surface area contributed by atoms with Gasteiger partial charge in [0.1, 0.15) is 12.4 Å². The number of carbonyl (C=O) groups excluding carboxylic acids is 1. The van der Waals surface area contributed by atoms with Crippen molar-refractivity contribution in [1.82, 2.24) is 5.32 Å². The summed E-state index contributed by atoms with van der Waals surface area (Å²) in [5.74, 6) is 0.578. The molecule has 0 heterocycles. The van der Waals surface area contributed by atoms with Crippen molar-refractivity contribution < 1.29 is 17.9 Å². The van der Waals surface area contributed by atoms with E-state index < -0.39 is 10.0 Å². The maximum atomic E-state index is 12.5. The van der Waals surface area contributed by atoms with Gasteiger partial charge in [0.05, 0.1) is 25.0 Å². The molecule has 6 nitrogen and oxygen atoms in total. The van der Waals surface area contributed by atoms with Crippen LogP contribution >= 0.6 is 22.6 Å². The fraction of sp³-hybridized carbons (Fsp3) is 0.296. The van der Waals surface area contributed by atoms with Crippen molar-refractivity contribution >= 4 is 44.2 Å². The van der Waals surface area contributed by atoms with Crippen LogP contribution in [0.25, 0.3) is 0 Å². The Kier molecular flexibility index (Phi) is 9.56. The first-order chi connectivity index (χ1) is 16.7. The van der Waals surface area contributed by atoms with Crippen molar-refractivity contribution in [2.45, 2.75) is 33.2 Å². The number of sulfonamides is 1. The number of ether oxygens (including phenoxy) is 1. The first-order valence-corrected chi connectivity index (χ1v) is 14.4. The number of rotatable bonds is 11. The van der Waals surface area contributed by atoms with Gasteiger partial charge in [-0.3, -0.25) is 9.10 Å². The second-order valence-corrected chi connectivity index (χ2v) is 11.5. The predicted octanol–water partition coefficient (Wildman–Crippen LogP) is 5.33. The molecule has 0 aliphatic heterocycles. The molecule has 0 fully saturated rings. The van der Waals surface area contributed by atoms with E-state index >= 15 is 0 Å². The maximum absolute atomic E-state index is 12.5. The van der Waals surface area contributed by atoms with Gasteiger partial charge in [0, 0.05) is 9.13 Å². The molecule has 3 rings (SSSR count). The van der Waals surface area contributed by atoms with Gasteiger partial charge in [-0.25, -0.2) is 8.42 Å². The molecule has 0 spiro atoms. The zero-order chi connectivity index (χ0) is 25.4. The lowest BCUT2D eigenvalue weighted by Crippen LogP contribution is -2.30. The van der Waals surface area contributed by atoms with Crippen molar-refractivity contribution in [3.8, 4) is 5.75 Å². The van der Waals surface area contributed by atoms with E-state index in [0.29, 0.717) is 24.4 Å². The topological polar surface area (TPSA) is 75.7 Å². The molecule has 0 atom stereocenters. The quantitative estimate of drug-likeness (QED) is 0.237. The lowest BCUT2D eigenvalue weighted by Gasteiger charge is -2.24. The highest BCUT2D eigenvalue weighted by molar-refractivity contribution is 14.1. The predicted molar refractivity (Wildman–Crippen MR) is 150 cm³/mol. The van der Waals surface area contributed by atoms with E-state index in [1.807, 2.05) is 37.3 Å². The molecule has 1 amide bonds. The van der Waals surface area contributed by atoms with Gasteiger partial charge in [0.25, 0.3) is 5.91 Å². The zero-order valence-corrected chi connectivity index (χ0v) is 23.2. The Morgan fingerprint density at radius 2 is 1.66 bits per heavy atom. The van der Waals surface area contributed by atoms with Crippen LogP contribution < -0.4 is 14.4 Å². The lowest BCUT2D eigenvalue weighted by atomic mass is 10.1. The molecule has 1 N–H and O–H groups in total. The molecule has 0 radical (unpaired) electrons. The summed E-state index contributed by atoms with van der Waals surface area (Å²) in [6.07, 6.45) is 3.36. The average molecular weight is 607 g/mol. The second-order valence-electron chi connectivity index (χ2n) is 8.40. The fourth-order valence-corrected chi connectivity index (χ4v) is 5.28. The molecule has 3 aromatic rings. The van der Waals surface area contributed by atoms with E-state index in [1.54, 1.807) is 24.3 Å². The van der Waals surface area contributed by atoms with Crippen LogP contribution in [0.15, 0.2) is 66.7 Å². The summed E-state index contributed by atoms with van der Waals surface area (Å²) >= 11 is 2.20. The van der Waals surface area contributed by atoms with E-state index in [0.717, 1.165) is 33.3 Å². The third kappa shape index (κ3) is 7.96. The monoisotopic (exact) mass is 606 g/mol. The molecule has 0 aliphatic carbocycles. The first-order valence-electron chi connectivity index (χ1n) is 11.5. The Bertz CT molecular complexity index is 1240. The SMILES string of the molecule is CCCc1ccc(OCCNC(=O)c2ccc(CN(c3ccc(I)cc3C)S(C)(=O)=O)cc2)cc1. The number of nitrogens with zero attached hydrogens (tertiary/aromatic N) is 1. The molecular weight excluding hydrogens is 575 g/mol. The lowest BCUT2D eigenvalue weighted by molar-refractivity contribution is 0.0947. The number of nitrogens with one attached hydrogen (secondary N) is 1. The second kappa shape index (κ2) is 12.4. The van der Waals surface area contributed by atoms with E-state index in [-0.39, 0.29) is 12.5 Å². The van der Waals surface area contributed by atoms with Crippen LogP contribution in [-0.2, 0) is 23.0 Å². The summed E-state index contributed by atoms with van der Waals surface area (Å²) in [5.41, 5.74) is 4.12. The minimum Gasteiger partial charge on any atom is -0.492 e. The summed E-state index contributed by atoms with van der Waals surface area (Å²) < 4.78 is 33.1. The molecule has 0 aliphatic rings. The third-order valence-corrected chi connectivity index (χ3v) is 7.29. The molecule has 8 heteroatoms. The zero-order valence-electron chi connectivity index (χ0n) is 20.3. The normalized spacial score (nSPS) is 11.2. The number of benzene rings is 3. The Morgan fingerprint density at radius 3 is 2.26 bits per heavy atom. The fourth-order valence-electron chi connectivity index (χ4n) is 3.68. The van der Waals surface area contributed by atoms with Crippen LogP contribution in [-0.4, -0.2) is 33.7 Å². The summed E-state index contributed by atoms with van der Waals surface area (Å²) in [7, 11) is -3.48. The Balaban J connectivity index is 1.55. The van der Waals surface area contributed by atoms with Crippen LogP contribution in [0.1, 0.15) is 40.4 Å². The van der Waals surface area contributed by atoms with Gasteiger partial charge in [0.2, 0.25) is 10.0 Å². The molecule has 186 valence electrons. The Morgan fingerprint density at radius 1 is 1.00 bits per heavy atom. The van der Waals surface area contributed by atoms with Gasteiger partial charge in [0.15, 0.2) is 0 Å². The Labute approximate surface area is 221 Å². The van der Waals surface area contributed by atoms with Crippen LogP contribution in [0.5, 0.6) is 5.75 Å². The van der Waals surface area contributed by atoms with Crippen LogP contribution in [0.4, 0.5) is 5.69 Å². The van der Waals surface area contributed by atoms with Crippen molar-refractivity contribution in [3.63, 3.8) is 0 Å². The van der Waals surface area contributed by atoms with E-state index in [9.17, 15) is 13.2 Å². The largest absolute Gasteiger partial charge is 0.492 e. The highest BCUT2D eigenvalue weighted by Crippen LogP contribution is 2.26. The standard InChI is InChI=1S/C27H31IN2O4S/c1-4-5-21-8-13-25(14-9-21)34-17-16-29-27(31)23-10-6-22(7-11-23)19-30(35(3,32)33)26-15-12-24(28)18-20(26)2/h6-15,18H,4-5,16-17,19H2,1-3H3,(H,29,31). The third-order valence-electron chi connectivity index (χ3n) is 5.49. The average Bonchev–Trinajstić information content (AvgIpc) is 2.81. The van der Waals surface area contributed by atoms with E-state index in [2.05, 4.69) is 47.0 Å². The smallest absolute Gasteiger partial charge is 0.251 e. The molecule has 35 heavy (non-hydrogen) atoms. The minimum absolute atomic E-state index is 0.188. The summed E-state index contributed by atoms with van der Waals surface area (Å²) in [6, 6.07) is 20.7. The number of amides is 1. The van der Waals surface area contributed by atoms with E-state index in [4.69, 9.17) is 4.74 Å². The molecular formula is C27H31IN2O4S. The molecule has 0 bridgehead atoms. The summed E-state index contributed by atoms with van der Waals surface area (Å²) in [5, 5.41) is 2.85. The van der Waals surface area contributed by atoms with Gasteiger partial charge >= 0.3 is 0 Å². The van der Waals surface area contributed by atoms with Crippen molar-refractivity contribution in [2.24, 2.45) is 0 Å². The highest BCUT2D eigenvalue weighted by atomic mass is 127. The number of hydrogen-bond acceptors (Lipinski definition) is 4. The number of anilines is 1. The molecule has 0 saturated heterocycles. The van der Waals surface area contributed by atoms with Gasteiger partial charge in [-0.2, -0.15) is 0 Å². The van der Waals surface area contributed by atoms with Gasteiger partial charge < -0.3 is 10.1 Å². The number of aryl methyl sites for hydroxylation is 2. The van der Waals surface area contributed by atoms with Gasteiger partial charge in [-0.05, 0) is 95.1 Å². The van der Waals surface area contributed by atoms with E-state index in [1.165, 1.54) is 16.1 Å². The van der Waals surface area contributed by atoms with Crippen molar-refractivity contribution in [2.75, 3.05) is 23.7 Å². The molecule has 0 aromatic heterocycles. The highest BCUT2D eigenvalue weighted by Gasteiger charge is 2.20. The Hall–Kier alpha value is -2.59. The molecule has 3 aromatic carbocycles. The van der Waals surface area contributed by atoms with Gasteiger partial charge in [-0.15, -0.1) is 0 Å². The first kappa shape index (κ1) is 27.0. The van der Waals surface area contributed by atoms with Gasteiger partial charge in [-0.1, -0.05) is 37.6 Å². The van der Waals surface area contributed by atoms with Crippen molar-refractivity contribution in [3.05, 3.63) is 92.6 Å². The molecule has 0 unspecified atom stereocenters. The van der Waals surface area contributed by atoms with Crippen LogP contribution in [0, 0.1) is 10.5 Å². The summed E-state index contributed by atoms with van der Waals surface area (Å²) in [4.78, 5) is 12.5.